The summed E-state index contributed by atoms with van der Waals surface area (Å²) in [6, 6.07) is 8.21. The predicted octanol–water partition coefficient (Wildman–Crippen LogP) is 0.880. The van der Waals surface area contributed by atoms with E-state index in [0.29, 0.717) is 5.56 Å². The van der Waals surface area contributed by atoms with E-state index in [1.807, 2.05) is 0 Å². The van der Waals surface area contributed by atoms with Crippen LogP contribution in [0, 0.1) is 17.3 Å². The second-order valence-electron chi connectivity index (χ2n) is 7.02. The van der Waals surface area contributed by atoms with Crippen LogP contribution in [0.25, 0.3) is 0 Å². The molecule has 10 nitrogen and oxygen atoms in total. The number of carboxylic acids is 4. The normalized spacial score (nSPS) is 15.9. The van der Waals surface area contributed by atoms with Gasteiger partial charge in [0.15, 0.2) is 11.8 Å². The summed E-state index contributed by atoms with van der Waals surface area (Å²) in [5.74, 6) is -12.7. The lowest BCUT2D eigenvalue weighted by Gasteiger charge is -2.24. The molecule has 0 fully saturated rings. The number of hydrogen-bond acceptors (Lipinski definition) is 5. The molecule has 0 spiro atoms. The average Bonchev–Trinajstić information content (AvgIpc) is 2.77. The zero-order valence-electron chi connectivity index (χ0n) is 15.5. The molecule has 0 atom stereocenters. The number of hydrogen-bond donors (Lipinski definition) is 4. The molecule has 29 heavy (non-hydrogen) atoms. The van der Waals surface area contributed by atoms with Crippen LogP contribution in [0.2, 0.25) is 0 Å². The van der Waals surface area contributed by atoms with Crippen LogP contribution >= 0.6 is 0 Å². The monoisotopic (exact) mass is 405 g/mol. The van der Waals surface area contributed by atoms with Gasteiger partial charge in [-0.1, -0.05) is 30.3 Å². The number of carboxylic acid groups (broad SMARTS) is 4. The first kappa shape index (κ1) is 21.6. The van der Waals surface area contributed by atoms with E-state index in [1.165, 1.54) is 13.8 Å². The van der Waals surface area contributed by atoms with Gasteiger partial charge < -0.3 is 25.3 Å². The first-order chi connectivity index (χ1) is 13.4. The van der Waals surface area contributed by atoms with Crippen molar-refractivity contribution in [2.24, 2.45) is 17.3 Å². The standard InChI is InChI=1S/C19H19NO9/c1-19(2)12(10(14(21)22)15(23)24)13(11(16(25)26)17(27)28)20(18(19)29)8-9-6-4-3-5-7-9/h3-7,10-11H,8H2,1-2H3,(H,21,22)(H,23,24)(H,25,26)(H,27,28). The Hall–Kier alpha value is -3.69. The Bertz CT molecular complexity index is 889. The van der Waals surface area contributed by atoms with E-state index in [0.717, 1.165) is 4.90 Å². The molecule has 4 N–H and O–H groups in total. The van der Waals surface area contributed by atoms with E-state index >= 15 is 0 Å². The molecule has 0 aliphatic carbocycles. The molecule has 0 radical (unpaired) electrons. The summed E-state index contributed by atoms with van der Waals surface area (Å²) >= 11 is 0. The second-order valence-corrected chi connectivity index (χ2v) is 7.02. The van der Waals surface area contributed by atoms with E-state index < -0.39 is 58.3 Å². The predicted molar refractivity (Wildman–Crippen MR) is 95.3 cm³/mol. The molecule has 1 amide bonds. The molecule has 1 aromatic rings. The highest BCUT2D eigenvalue weighted by Crippen LogP contribution is 2.47. The van der Waals surface area contributed by atoms with Gasteiger partial charge >= 0.3 is 23.9 Å². The van der Waals surface area contributed by atoms with Crippen molar-refractivity contribution in [3.05, 3.63) is 47.2 Å². The largest absolute Gasteiger partial charge is 0.480 e. The van der Waals surface area contributed by atoms with Crippen LogP contribution in [0.1, 0.15) is 19.4 Å². The van der Waals surface area contributed by atoms with E-state index in [1.54, 1.807) is 30.3 Å². The van der Waals surface area contributed by atoms with Crippen LogP contribution in [0.3, 0.4) is 0 Å². The van der Waals surface area contributed by atoms with E-state index in [2.05, 4.69) is 0 Å². The van der Waals surface area contributed by atoms with Gasteiger partial charge in [0.2, 0.25) is 5.91 Å². The first-order valence-electron chi connectivity index (χ1n) is 8.42. The molecule has 0 bridgehead atoms. The van der Waals surface area contributed by atoms with E-state index in [9.17, 15) is 44.4 Å². The molecule has 1 aromatic carbocycles. The van der Waals surface area contributed by atoms with Crippen molar-refractivity contribution < 1.29 is 44.4 Å². The van der Waals surface area contributed by atoms with Gasteiger partial charge in [0.1, 0.15) is 0 Å². The zero-order chi connectivity index (χ0) is 22.1. The first-order valence-corrected chi connectivity index (χ1v) is 8.42. The minimum absolute atomic E-state index is 0.245. The Morgan fingerprint density at radius 1 is 0.862 bits per heavy atom. The molecular formula is C19H19NO9. The van der Waals surface area contributed by atoms with Gasteiger partial charge in [-0.25, -0.2) is 0 Å². The highest BCUT2D eigenvalue weighted by atomic mass is 16.4. The van der Waals surface area contributed by atoms with Gasteiger partial charge in [0.05, 0.1) is 12.0 Å². The fraction of sp³-hybridized carbons (Fsp3) is 0.316. The van der Waals surface area contributed by atoms with Crippen molar-refractivity contribution in [3.63, 3.8) is 0 Å². The van der Waals surface area contributed by atoms with Gasteiger partial charge in [-0.15, -0.1) is 0 Å². The van der Waals surface area contributed by atoms with Gasteiger partial charge in [-0.05, 0) is 25.0 Å². The molecule has 0 unspecified atom stereocenters. The molecule has 2 rings (SSSR count). The number of amides is 1. The van der Waals surface area contributed by atoms with Crippen LogP contribution in [0.5, 0.6) is 0 Å². The number of carbonyl (C=O) groups excluding carboxylic acids is 1. The molecule has 1 aliphatic rings. The van der Waals surface area contributed by atoms with Gasteiger partial charge in [0.25, 0.3) is 0 Å². The van der Waals surface area contributed by atoms with Crippen LogP contribution in [-0.2, 0) is 30.5 Å². The number of aliphatic carboxylic acids is 4. The Morgan fingerprint density at radius 2 is 1.31 bits per heavy atom. The fourth-order valence-electron chi connectivity index (χ4n) is 3.46. The lowest BCUT2D eigenvalue weighted by Crippen LogP contribution is -2.37. The molecule has 10 heteroatoms. The molecule has 1 aliphatic heterocycles. The summed E-state index contributed by atoms with van der Waals surface area (Å²) in [4.78, 5) is 60.6. The maximum absolute atomic E-state index is 13.1. The highest BCUT2D eigenvalue weighted by Gasteiger charge is 2.56. The van der Waals surface area contributed by atoms with Crippen LogP contribution in [-0.4, -0.2) is 55.1 Å². The third-order valence-corrected chi connectivity index (χ3v) is 4.75. The van der Waals surface area contributed by atoms with Crippen molar-refractivity contribution in [1.29, 1.82) is 0 Å². The topological polar surface area (TPSA) is 170 Å². The molecule has 154 valence electrons. The van der Waals surface area contributed by atoms with Gasteiger partial charge in [-0.3, -0.25) is 24.0 Å². The highest BCUT2D eigenvalue weighted by molar-refractivity contribution is 6.05. The molecule has 0 saturated carbocycles. The van der Waals surface area contributed by atoms with Gasteiger partial charge in [0, 0.05) is 5.70 Å². The van der Waals surface area contributed by atoms with Crippen molar-refractivity contribution in [2.75, 3.05) is 0 Å². The summed E-state index contributed by atoms with van der Waals surface area (Å²) in [5, 5.41) is 37.8. The molecular weight excluding hydrogens is 386 g/mol. The van der Waals surface area contributed by atoms with E-state index in [-0.39, 0.29) is 6.54 Å². The maximum atomic E-state index is 13.1. The Labute approximate surface area is 164 Å². The maximum Gasteiger partial charge on any atom is 0.324 e. The zero-order valence-corrected chi connectivity index (χ0v) is 15.5. The summed E-state index contributed by atoms with van der Waals surface area (Å²) in [6.45, 7) is 2.25. The fourth-order valence-corrected chi connectivity index (χ4v) is 3.46. The minimum atomic E-state index is -2.32. The lowest BCUT2D eigenvalue weighted by molar-refractivity contribution is -0.156. The summed E-state index contributed by atoms with van der Waals surface area (Å²) in [5.41, 5.74) is -2.42. The number of rotatable bonds is 8. The Balaban J connectivity index is 2.83. The SMILES string of the molecule is CC1(C)C(=O)N(Cc2ccccc2)C(C(C(=O)O)C(=O)O)=C1C(C(=O)O)C(=O)O. The van der Waals surface area contributed by atoms with Crippen LogP contribution in [0.4, 0.5) is 0 Å². The quantitative estimate of drug-likeness (QED) is 0.458. The third-order valence-electron chi connectivity index (χ3n) is 4.75. The molecule has 1 heterocycles. The lowest BCUT2D eigenvalue weighted by atomic mass is 9.76. The molecule has 0 saturated heterocycles. The van der Waals surface area contributed by atoms with Crippen molar-refractivity contribution in [2.45, 2.75) is 20.4 Å². The third kappa shape index (κ3) is 3.82. The van der Waals surface area contributed by atoms with Crippen LogP contribution < -0.4 is 0 Å². The van der Waals surface area contributed by atoms with E-state index in [4.69, 9.17) is 0 Å². The van der Waals surface area contributed by atoms with Crippen molar-refractivity contribution >= 4 is 29.8 Å². The number of nitrogens with zero attached hydrogens (tertiary/aromatic N) is 1. The summed E-state index contributed by atoms with van der Waals surface area (Å²) in [7, 11) is 0. The summed E-state index contributed by atoms with van der Waals surface area (Å²) in [6.07, 6.45) is 0. The number of carbonyl (C=O) groups is 5. The second kappa shape index (κ2) is 7.74. The Kier molecular flexibility index (Phi) is 5.77. The number of benzene rings is 1. The minimum Gasteiger partial charge on any atom is -0.480 e. The summed E-state index contributed by atoms with van der Waals surface area (Å²) < 4.78 is 0. The van der Waals surface area contributed by atoms with Crippen molar-refractivity contribution in [1.82, 2.24) is 4.90 Å². The van der Waals surface area contributed by atoms with Crippen molar-refractivity contribution in [3.8, 4) is 0 Å². The van der Waals surface area contributed by atoms with Crippen LogP contribution in [0.15, 0.2) is 41.6 Å². The smallest absolute Gasteiger partial charge is 0.324 e. The Morgan fingerprint density at radius 3 is 1.72 bits per heavy atom. The molecule has 0 aromatic heterocycles. The average molecular weight is 405 g/mol. The van der Waals surface area contributed by atoms with Gasteiger partial charge in [-0.2, -0.15) is 0 Å².